The Bertz CT molecular complexity index is 1400. The third kappa shape index (κ3) is 3.86. The molecule has 0 saturated heterocycles. The minimum absolute atomic E-state index is 0.582. The number of hydrogen-bond donors (Lipinski definition) is 1. The first-order valence-corrected chi connectivity index (χ1v) is 10.3. The zero-order valence-corrected chi connectivity index (χ0v) is 18.2. The number of pyridine rings is 1. The fourth-order valence-corrected chi connectivity index (χ4v) is 3.55. The Labute approximate surface area is 189 Å². The molecule has 3 heterocycles. The molecule has 0 atom stereocenters. The highest BCUT2D eigenvalue weighted by molar-refractivity contribution is 6.30. The minimum atomic E-state index is 0.582. The third-order valence-corrected chi connectivity index (χ3v) is 5.34. The van der Waals surface area contributed by atoms with Crippen LogP contribution in [0.3, 0.4) is 0 Å². The van der Waals surface area contributed by atoms with Gasteiger partial charge >= 0.3 is 0 Å². The number of nitrogens with one attached hydrogen (secondary N) is 1. The quantitative estimate of drug-likeness (QED) is 0.387. The van der Waals surface area contributed by atoms with Crippen molar-refractivity contribution in [2.45, 2.75) is 0 Å². The number of anilines is 2. The van der Waals surface area contributed by atoms with E-state index in [1.165, 1.54) is 0 Å². The molecule has 0 bridgehead atoms. The van der Waals surface area contributed by atoms with E-state index >= 15 is 0 Å². The molecule has 0 amide bonds. The summed E-state index contributed by atoms with van der Waals surface area (Å²) >= 11 is 6.02. The molecule has 7 nitrogen and oxygen atoms in total. The molecule has 1 N–H and O–H groups in total. The molecule has 0 saturated carbocycles. The first kappa shape index (κ1) is 20.0. The topological polar surface area (TPSA) is 77.8 Å². The summed E-state index contributed by atoms with van der Waals surface area (Å²) in [5, 5.41) is 9.59. The average Bonchev–Trinajstić information content (AvgIpc) is 3.19. The van der Waals surface area contributed by atoms with Crippen LogP contribution in [0.1, 0.15) is 0 Å². The van der Waals surface area contributed by atoms with Crippen molar-refractivity contribution in [2.75, 3.05) is 12.4 Å². The molecule has 0 aliphatic heterocycles. The normalized spacial score (nSPS) is 11.0. The van der Waals surface area contributed by atoms with Gasteiger partial charge in [-0.1, -0.05) is 23.7 Å². The molecule has 8 heteroatoms. The third-order valence-electron chi connectivity index (χ3n) is 5.09. The van der Waals surface area contributed by atoms with Gasteiger partial charge in [0.15, 0.2) is 5.82 Å². The Balaban J connectivity index is 1.60. The van der Waals surface area contributed by atoms with Crippen molar-refractivity contribution in [3.63, 3.8) is 0 Å². The molecule has 0 unspecified atom stereocenters. The zero-order chi connectivity index (χ0) is 22.1. The summed E-state index contributed by atoms with van der Waals surface area (Å²) < 4.78 is 7.20. The molecule has 0 radical (unpaired) electrons. The van der Waals surface area contributed by atoms with Crippen molar-refractivity contribution >= 4 is 34.1 Å². The van der Waals surface area contributed by atoms with Gasteiger partial charge in [0.1, 0.15) is 17.4 Å². The van der Waals surface area contributed by atoms with Crippen LogP contribution in [0.5, 0.6) is 5.75 Å². The van der Waals surface area contributed by atoms with E-state index in [0.29, 0.717) is 16.7 Å². The van der Waals surface area contributed by atoms with E-state index < -0.39 is 0 Å². The van der Waals surface area contributed by atoms with Crippen LogP contribution in [-0.2, 0) is 7.05 Å². The minimum Gasteiger partial charge on any atom is -0.497 e. The lowest BCUT2D eigenvalue weighted by molar-refractivity contribution is 0.415. The largest absolute Gasteiger partial charge is 0.497 e. The molecule has 3 aromatic heterocycles. The summed E-state index contributed by atoms with van der Waals surface area (Å²) in [5.74, 6) is 2.75. The number of nitrogens with zero attached hydrogens (tertiary/aromatic N) is 5. The van der Waals surface area contributed by atoms with Crippen molar-refractivity contribution in [1.29, 1.82) is 0 Å². The molecule has 5 rings (SSSR count). The van der Waals surface area contributed by atoms with E-state index in [-0.39, 0.29) is 0 Å². The first-order valence-electron chi connectivity index (χ1n) is 9.94. The van der Waals surface area contributed by atoms with E-state index in [1.54, 1.807) is 24.2 Å². The van der Waals surface area contributed by atoms with Crippen LogP contribution in [0.2, 0.25) is 5.02 Å². The van der Waals surface area contributed by atoms with Crippen molar-refractivity contribution in [2.24, 2.45) is 7.05 Å². The molecular formula is C24H19ClN6O. The molecule has 2 aromatic carbocycles. The first-order chi connectivity index (χ1) is 15.6. The Morgan fingerprint density at radius 2 is 1.81 bits per heavy atom. The van der Waals surface area contributed by atoms with Gasteiger partial charge in [-0.2, -0.15) is 5.10 Å². The Hall–Kier alpha value is -3.97. The second-order valence-corrected chi connectivity index (χ2v) is 7.63. The number of ether oxygens (including phenoxy) is 1. The van der Waals surface area contributed by atoms with E-state index in [4.69, 9.17) is 26.3 Å². The Kier molecular flexibility index (Phi) is 5.17. The summed E-state index contributed by atoms with van der Waals surface area (Å²) in [7, 11) is 3.52. The summed E-state index contributed by atoms with van der Waals surface area (Å²) in [6.45, 7) is 0. The van der Waals surface area contributed by atoms with Crippen molar-refractivity contribution in [1.82, 2.24) is 24.7 Å². The number of fused-ring (bicyclic) bond motifs is 1. The summed E-state index contributed by atoms with van der Waals surface area (Å²) in [5.41, 5.74) is 3.43. The molecule has 0 aliphatic rings. The highest BCUT2D eigenvalue weighted by Crippen LogP contribution is 2.31. The summed E-state index contributed by atoms with van der Waals surface area (Å²) in [6, 6.07) is 19.1. The highest BCUT2D eigenvalue weighted by atomic mass is 35.5. The van der Waals surface area contributed by atoms with Gasteiger partial charge in [0.25, 0.3) is 0 Å². The number of halogens is 1. The van der Waals surface area contributed by atoms with Crippen LogP contribution >= 0.6 is 11.6 Å². The van der Waals surface area contributed by atoms with Crippen LogP contribution in [0.15, 0.2) is 73.1 Å². The Morgan fingerprint density at radius 1 is 0.969 bits per heavy atom. The van der Waals surface area contributed by atoms with Gasteiger partial charge < -0.3 is 10.1 Å². The van der Waals surface area contributed by atoms with Crippen LogP contribution in [0.4, 0.5) is 11.6 Å². The maximum Gasteiger partial charge on any atom is 0.163 e. The summed E-state index contributed by atoms with van der Waals surface area (Å²) in [6.07, 6.45) is 3.47. The lowest BCUT2D eigenvalue weighted by Gasteiger charge is -2.12. The lowest BCUT2D eigenvalue weighted by Crippen LogP contribution is -2.03. The summed E-state index contributed by atoms with van der Waals surface area (Å²) in [4.78, 5) is 13.7. The molecule has 5 aromatic rings. The van der Waals surface area contributed by atoms with E-state index in [9.17, 15) is 0 Å². The molecule has 0 fully saturated rings. The van der Waals surface area contributed by atoms with Crippen LogP contribution in [-0.4, -0.2) is 31.8 Å². The van der Waals surface area contributed by atoms with Gasteiger partial charge in [0.05, 0.1) is 18.3 Å². The maximum absolute atomic E-state index is 6.02. The number of aromatic nitrogens is 5. The number of aryl methyl sites for hydroxylation is 1. The lowest BCUT2D eigenvalue weighted by atomic mass is 10.1. The van der Waals surface area contributed by atoms with Gasteiger partial charge in [-0.15, -0.1) is 0 Å². The maximum atomic E-state index is 6.02. The number of hydrogen-bond acceptors (Lipinski definition) is 6. The Morgan fingerprint density at radius 3 is 2.56 bits per heavy atom. The highest BCUT2D eigenvalue weighted by Gasteiger charge is 2.14. The number of methoxy groups -OCH3 is 1. The van der Waals surface area contributed by atoms with Crippen molar-refractivity contribution in [3.05, 3.63) is 78.1 Å². The average molecular weight is 443 g/mol. The zero-order valence-electron chi connectivity index (χ0n) is 17.5. The molecule has 158 valence electrons. The van der Waals surface area contributed by atoms with Crippen LogP contribution < -0.4 is 10.1 Å². The molecular weight excluding hydrogens is 424 g/mol. The predicted molar refractivity (Wildman–Crippen MR) is 126 cm³/mol. The van der Waals surface area contributed by atoms with E-state index in [1.807, 2.05) is 67.7 Å². The van der Waals surface area contributed by atoms with Gasteiger partial charge in [-0.3, -0.25) is 9.67 Å². The van der Waals surface area contributed by atoms with Crippen LogP contribution in [0, 0.1) is 0 Å². The van der Waals surface area contributed by atoms with Gasteiger partial charge in [0.2, 0.25) is 0 Å². The fourth-order valence-electron chi connectivity index (χ4n) is 3.42. The van der Waals surface area contributed by atoms with E-state index in [2.05, 4.69) is 15.4 Å². The van der Waals surface area contributed by atoms with Gasteiger partial charge in [0, 0.05) is 47.0 Å². The second kappa shape index (κ2) is 8.28. The standard InChI is InChI=1S/C24H19ClN6O/c1-31-22(13-21(30-31)15-5-7-17(25)8-6-15)28-24-19-12-18(32-2)9-10-20(19)27-23(29-24)16-4-3-11-26-14-16/h3-14H,1-2H3,(H,27,28,29). The SMILES string of the molecule is COc1ccc2nc(-c3cccnc3)nc(Nc3cc(-c4ccc(Cl)cc4)nn3C)c2c1. The van der Waals surface area contributed by atoms with Crippen LogP contribution in [0.25, 0.3) is 33.5 Å². The molecule has 32 heavy (non-hydrogen) atoms. The monoisotopic (exact) mass is 442 g/mol. The molecule has 0 aliphatic carbocycles. The van der Waals surface area contributed by atoms with Crippen molar-refractivity contribution < 1.29 is 4.74 Å². The second-order valence-electron chi connectivity index (χ2n) is 7.19. The number of benzene rings is 2. The fraction of sp³-hybridized carbons (Fsp3) is 0.0833. The molecule has 0 spiro atoms. The smallest absolute Gasteiger partial charge is 0.163 e. The predicted octanol–water partition coefficient (Wildman–Crippen LogP) is 5.50. The van der Waals surface area contributed by atoms with Crippen molar-refractivity contribution in [3.8, 4) is 28.4 Å². The van der Waals surface area contributed by atoms with Gasteiger partial charge in [-0.05, 0) is 42.5 Å². The van der Waals surface area contributed by atoms with Gasteiger partial charge in [-0.25, -0.2) is 9.97 Å². The van der Waals surface area contributed by atoms with E-state index in [0.717, 1.165) is 39.3 Å². The number of rotatable bonds is 5.